The summed E-state index contributed by atoms with van der Waals surface area (Å²) in [6.07, 6.45) is 1.75. The van der Waals surface area contributed by atoms with Crippen molar-refractivity contribution < 1.29 is 8.42 Å². The van der Waals surface area contributed by atoms with Crippen LogP contribution in [0.3, 0.4) is 0 Å². The molecule has 2 rings (SSSR count). The molecule has 126 valence electrons. The quantitative estimate of drug-likeness (QED) is 0.842. The van der Waals surface area contributed by atoms with Crippen molar-refractivity contribution in [1.29, 1.82) is 0 Å². The monoisotopic (exact) mass is 386 g/mol. The molecule has 1 aliphatic heterocycles. The molecule has 8 heteroatoms. The van der Waals surface area contributed by atoms with Crippen LogP contribution in [0.15, 0.2) is 23.1 Å². The lowest BCUT2D eigenvalue weighted by molar-refractivity contribution is 0.268. The molecule has 0 saturated carbocycles. The topological polar surface area (TPSA) is 49.4 Å². The molecule has 0 bridgehead atoms. The van der Waals surface area contributed by atoms with Gasteiger partial charge in [0.25, 0.3) is 0 Å². The molecule has 1 aromatic carbocycles. The molecule has 0 atom stereocenters. The Morgan fingerprint density at radius 2 is 1.73 bits per heavy atom. The summed E-state index contributed by atoms with van der Waals surface area (Å²) in [4.78, 5) is 0.171. The number of sulfonamides is 1. The number of benzene rings is 1. The molecule has 1 saturated heterocycles. The highest BCUT2D eigenvalue weighted by atomic mass is 35.5. The molecular weight excluding hydrogens is 367 g/mol. The minimum absolute atomic E-state index is 0. The zero-order valence-corrected chi connectivity index (χ0v) is 15.5. The Hall–Kier alpha value is -0.0400. The fourth-order valence-electron chi connectivity index (χ4n) is 2.53. The Morgan fingerprint density at radius 1 is 1.18 bits per heavy atom. The maximum atomic E-state index is 12.6. The average Bonchev–Trinajstić information content (AvgIpc) is 2.44. The van der Waals surface area contributed by atoms with Gasteiger partial charge in [-0.2, -0.15) is 4.31 Å². The Bertz CT molecular complexity index is 568. The van der Waals surface area contributed by atoms with E-state index in [9.17, 15) is 8.42 Å². The van der Waals surface area contributed by atoms with Crippen LogP contribution >= 0.6 is 35.6 Å². The first kappa shape index (κ1) is 20.0. The van der Waals surface area contributed by atoms with Crippen LogP contribution in [-0.4, -0.2) is 38.9 Å². The smallest absolute Gasteiger partial charge is 0.243 e. The second-order valence-electron chi connectivity index (χ2n) is 5.26. The van der Waals surface area contributed by atoms with Gasteiger partial charge in [0.15, 0.2) is 0 Å². The third-order valence-electron chi connectivity index (χ3n) is 3.73. The Labute approximate surface area is 148 Å². The molecule has 4 nitrogen and oxygen atoms in total. The standard InChI is InChI=1S/C14H20Cl2N2O2S.ClH/c1-2-17-10-11-3-5-18(6-4-11)21(19,20)14-8-12(15)7-13(16)9-14;/h7-9,11,17H,2-6,10H2,1H3;1H. The lowest BCUT2D eigenvalue weighted by Gasteiger charge is -2.31. The van der Waals surface area contributed by atoms with Crippen LogP contribution in [0.5, 0.6) is 0 Å². The molecule has 0 amide bonds. The molecule has 0 aliphatic carbocycles. The number of nitrogens with one attached hydrogen (secondary N) is 1. The van der Waals surface area contributed by atoms with Crippen molar-refractivity contribution in [1.82, 2.24) is 9.62 Å². The molecular formula is C14H21Cl3N2O2S. The summed E-state index contributed by atoms with van der Waals surface area (Å²) in [6, 6.07) is 4.44. The summed E-state index contributed by atoms with van der Waals surface area (Å²) >= 11 is 11.8. The van der Waals surface area contributed by atoms with Crippen molar-refractivity contribution in [3.05, 3.63) is 28.2 Å². The number of piperidine rings is 1. The third kappa shape index (κ3) is 4.98. The van der Waals surface area contributed by atoms with Gasteiger partial charge in [0.2, 0.25) is 10.0 Å². The van der Waals surface area contributed by atoms with Crippen molar-refractivity contribution in [2.24, 2.45) is 5.92 Å². The van der Waals surface area contributed by atoms with Gasteiger partial charge in [-0.1, -0.05) is 30.1 Å². The molecule has 0 unspecified atom stereocenters. The van der Waals surface area contributed by atoms with E-state index in [0.717, 1.165) is 25.9 Å². The van der Waals surface area contributed by atoms with E-state index in [1.165, 1.54) is 22.5 Å². The SMILES string of the molecule is CCNCC1CCN(S(=O)(=O)c2cc(Cl)cc(Cl)c2)CC1.Cl. The molecule has 1 N–H and O–H groups in total. The summed E-state index contributed by atoms with van der Waals surface area (Å²) in [6.45, 7) is 5.06. The van der Waals surface area contributed by atoms with E-state index >= 15 is 0 Å². The molecule has 1 aliphatic rings. The van der Waals surface area contributed by atoms with Crippen molar-refractivity contribution >= 4 is 45.6 Å². The highest BCUT2D eigenvalue weighted by Crippen LogP contribution is 2.27. The summed E-state index contributed by atoms with van der Waals surface area (Å²) in [5.74, 6) is 0.541. The Kier molecular flexibility index (Phi) is 7.92. The average molecular weight is 388 g/mol. The van der Waals surface area contributed by atoms with E-state index in [1.54, 1.807) is 0 Å². The van der Waals surface area contributed by atoms with Crippen LogP contribution in [-0.2, 0) is 10.0 Å². The molecule has 22 heavy (non-hydrogen) atoms. The van der Waals surface area contributed by atoms with Gasteiger partial charge in [-0.3, -0.25) is 0 Å². The minimum atomic E-state index is -3.51. The first-order valence-electron chi connectivity index (χ1n) is 7.10. The second-order valence-corrected chi connectivity index (χ2v) is 8.07. The van der Waals surface area contributed by atoms with Crippen molar-refractivity contribution in [3.8, 4) is 0 Å². The molecule has 1 fully saturated rings. The fourth-order valence-corrected chi connectivity index (χ4v) is 4.73. The van der Waals surface area contributed by atoms with Gasteiger partial charge in [0.05, 0.1) is 4.90 Å². The van der Waals surface area contributed by atoms with Crippen molar-refractivity contribution in [3.63, 3.8) is 0 Å². The van der Waals surface area contributed by atoms with Crippen LogP contribution in [0, 0.1) is 5.92 Å². The van der Waals surface area contributed by atoms with E-state index in [0.29, 0.717) is 29.1 Å². The molecule has 0 aromatic heterocycles. The minimum Gasteiger partial charge on any atom is -0.317 e. The fraction of sp³-hybridized carbons (Fsp3) is 0.571. The maximum absolute atomic E-state index is 12.6. The van der Waals surface area contributed by atoms with E-state index in [-0.39, 0.29) is 17.3 Å². The van der Waals surface area contributed by atoms with Crippen LogP contribution in [0.1, 0.15) is 19.8 Å². The third-order valence-corrected chi connectivity index (χ3v) is 6.04. The largest absolute Gasteiger partial charge is 0.317 e. The number of nitrogens with zero attached hydrogens (tertiary/aromatic N) is 1. The summed E-state index contributed by atoms with van der Waals surface area (Å²) in [7, 11) is -3.51. The number of hydrogen-bond donors (Lipinski definition) is 1. The van der Waals surface area contributed by atoms with E-state index < -0.39 is 10.0 Å². The van der Waals surface area contributed by atoms with Crippen LogP contribution < -0.4 is 5.32 Å². The lowest BCUT2D eigenvalue weighted by Crippen LogP contribution is -2.40. The highest BCUT2D eigenvalue weighted by Gasteiger charge is 2.29. The van der Waals surface area contributed by atoms with Gasteiger partial charge < -0.3 is 5.32 Å². The van der Waals surface area contributed by atoms with Gasteiger partial charge in [-0.05, 0) is 50.0 Å². The van der Waals surface area contributed by atoms with E-state index in [1.807, 2.05) is 0 Å². The summed E-state index contributed by atoms with van der Waals surface area (Å²) < 4.78 is 26.7. The zero-order chi connectivity index (χ0) is 15.5. The predicted molar refractivity (Wildman–Crippen MR) is 93.7 cm³/mol. The maximum Gasteiger partial charge on any atom is 0.243 e. The van der Waals surface area contributed by atoms with Gasteiger partial charge in [0.1, 0.15) is 0 Å². The second kappa shape index (κ2) is 8.71. The molecule has 0 spiro atoms. The van der Waals surface area contributed by atoms with Crippen LogP contribution in [0.25, 0.3) is 0 Å². The lowest BCUT2D eigenvalue weighted by atomic mass is 9.98. The van der Waals surface area contributed by atoms with Crippen LogP contribution in [0.4, 0.5) is 0 Å². The van der Waals surface area contributed by atoms with E-state index in [2.05, 4.69) is 12.2 Å². The molecule has 1 heterocycles. The Morgan fingerprint density at radius 3 is 2.23 bits per heavy atom. The van der Waals surface area contributed by atoms with Crippen molar-refractivity contribution in [2.45, 2.75) is 24.7 Å². The highest BCUT2D eigenvalue weighted by molar-refractivity contribution is 7.89. The zero-order valence-electron chi connectivity index (χ0n) is 12.4. The van der Waals surface area contributed by atoms with Gasteiger partial charge in [-0.25, -0.2) is 8.42 Å². The number of halogens is 3. The molecule has 1 aromatic rings. The van der Waals surface area contributed by atoms with Gasteiger partial charge >= 0.3 is 0 Å². The normalized spacial score (nSPS) is 17.2. The summed E-state index contributed by atoms with van der Waals surface area (Å²) in [5, 5.41) is 3.99. The van der Waals surface area contributed by atoms with Crippen molar-refractivity contribution in [2.75, 3.05) is 26.2 Å². The Balaban J connectivity index is 0.00000242. The van der Waals surface area contributed by atoms with Crippen LogP contribution in [0.2, 0.25) is 10.0 Å². The van der Waals surface area contributed by atoms with Gasteiger partial charge in [-0.15, -0.1) is 12.4 Å². The van der Waals surface area contributed by atoms with Gasteiger partial charge in [0, 0.05) is 23.1 Å². The summed E-state index contributed by atoms with van der Waals surface area (Å²) in [5.41, 5.74) is 0. The number of rotatable bonds is 5. The first-order valence-corrected chi connectivity index (χ1v) is 9.30. The molecule has 0 radical (unpaired) electrons. The first-order chi connectivity index (χ1) is 9.93. The number of hydrogen-bond acceptors (Lipinski definition) is 3. The van der Waals surface area contributed by atoms with E-state index in [4.69, 9.17) is 23.2 Å². The predicted octanol–water partition coefficient (Wildman–Crippen LogP) is 3.43.